The van der Waals surface area contributed by atoms with Gasteiger partial charge >= 0.3 is 0 Å². The Bertz CT molecular complexity index is 745. The second kappa shape index (κ2) is 8.62. The second-order valence-corrected chi connectivity index (χ2v) is 6.08. The number of ether oxygens (including phenoxy) is 2. The Balaban J connectivity index is 1.57. The summed E-state index contributed by atoms with van der Waals surface area (Å²) >= 11 is 0. The summed E-state index contributed by atoms with van der Waals surface area (Å²) in [5, 5.41) is 0. The quantitative estimate of drug-likeness (QED) is 0.590. The van der Waals surface area contributed by atoms with Gasteiger partial charge in [0, 0.05) is 11.5 Å². The predicted octanol–water partition coefficient (Wildman–Crippen LogP) is 4.80. The zero-order valence-corrected chi connectivity index (χ0v) is 14.1. The fourth-order valence-corrected chi connectivity index (χ4v) is 2.68. The van der Waals surface area contributed by atoms with Crippen molar-refractivity contribution in [1.82, 2.24) is 0 Å². The molecule has 3 rings (SSSR count). The summed E-state index contributed by atoms with van der Waals surface area (Å²) in [5.74, 6) is 6.29. The van der Waals surface area contributed by atoms with Crippen LogP contribution >= 0.6 is 0 Å². The van der Waals surface area contributed by atoms with Crippen molar-refractivity contribution in [3.8, 4) is 23.0 Å². The maximum Gasteiger partial charge on any atom is 0.222 e. The highest BCUT2D eigenvalue weighted by molar-refractivity contribution is 5.64. The summed E-state index contributed by atoms with van der Waals surface area (Å²) in [5.41, 5.74) is 2.90. The standard InChI is InChI=1S/C22H21FO2/c1-2-3-4-18-15-24-22(25-16-18)14-7-17-5-8-19(9-6-17)20-10-12-21(23)13-11-20/h2,5-6,8-13,18,22H,1,3-4,15-16H2. The highest BCUT2D eigenvalue weighted by Crippen LogP contribution is 2.20. The van der Waals surface area contributed by atoms with Crippen LogP contribution in [0.3, 0.4) is 0 Å². The number of halogens is 1. The van der Waals surface area contributed by atoms with E-state index in [0.717, 1.165) is 29.5 Å². The van der Waals surface area contributed by atoms with Crippen LogP contribution < -0.4 is 0 Å². The van der Waals surface area contributed by atoms with E-state index in [1.807, 2.05) is 30.3 Å². The van der Waals surface area contributed by atoms with E-state index in [2.05, 4.69) is 18.4 Å². The van der Waals surface area contributed by atoms with Crippen molar-refractivity contribution in [2.24, 2.45) is 5.92 Å². The van der Waals surface area contributed by atoms with Crippen molar-refractivity contribution in [2.45, 2.75) is 19.1 Å². The molecule has 1 fully saturated rings. The van der Waals surface area contributed by atoms with E-state index in [4.69, 9.17) is 9.47 Å². The summed E-state index contributed by atoms with van der Waals surface area (Å²) in [4.78, 5) is 0. The molecule has 2 aromatic carbocycles. The molecule has 2 nitrogen and oxygen atoms in total. The number of rotatable bonds is 4. The second-order valence-electron chi connectivity index (χ2n) is 6.08. The molecule has 1 heterocycles. The molecule has 0 saturated carbocycles. The van der Waals surface area contributed by atoms with Crippen LogP contribution in [-0.2, 0) is 9.47 Å². The van der Waals surface area contributed by atoms with Gasteiger partial charge in [-0.1, -0.05) is 36.3 Å². The first-order chi connectivity index (χ1) is 12.2. The monoisotopic (exact) mass is 336 g/mol. The lowest BCUT2D eigenvalue weighted by Gasteiger charge is -2.26. The van der Waals surface area contributed by atoms with Crippen molar-refractivity contribution in [3.63, 3.8) is 0 Å². The molecule has 0 atom stereocenters. The van der Waals surface area contributed by atoms with Gasteiger partial charge < -0.3 is 9.47 Å². The summed E-state index contributed by atoms with van der Waals surface area (Å²) in [6, 6.07) is 14.3. The minimum Gasteiger partial charge on any atom is -0.342 e. The molecule has 128 valence electrons. The molecule has 0 N–H and O–H groups in total. The van der Waals surface area contributed by atoms with Gasteiger partial charge in [0.25, 0.3) is 0 Å². The molecule has 25 heavy (non-hydrogen) atoms. The number of allylic oxidation sites excluding steroid dienone is 1. The van der Waals surface area contributed by atoms with E-state index in [1.165, 1.54) is 12.1 Å². The Labute approximate surface area is 148 Å². The Hall–Kier alpha value is -2.41. The van der Waals surface area contributed by atoms with Gasteiger partial charge in [-0.15, -0.1) is 6.58 Å². The molecule has 0 unspecified atom stereocenters. The molecular formula is C22H21FO2. The van der Waals surface area contributed by atoms with Gasteiger partial charge in [-0.2, -0.15) is 0 Å². The minimum absolute atomic E-state index is 0.231. The Kier molecular flexibility index (Phi) is 6.00. The van der Waals surface area contributed by atoms with Gasteiger partial charge in [-0.3, -0.25) is 0 Å². The fourth-order valence-electron chi connectivity index (χ4n) is 2.68. The molecule has 1 saturated heterocycles. The number of benzene rings is 2. The average Bonchev–Trinajstić information content (AvgIpc) is 2.67. The van der Waals surface area contributed by atoms with E-state index in [1.54, 1.807) is 12.1 Å². The smallest absolute Gasteiger partial charge is 0.222 e. The molecule has 0 radical (unpaired) electrons. The maximum atomic E-state index is 13.0. The van der Waals surface area contributed by atoms with E-state index in [9.17, 15) is 4.39 Å². The highest BCUT2D eigenvalue weighted by Gasteiger charge is 2.19. The first-order valence-electron chi connectivity index (χ1n) is 8.46. The lowest BCUT2D eigenvalue weighted by atomic mass is 10.0. The molecule has 0 bridgehead atoms. The molecule has 0 amide bonds. The van der Waals surface area contributed by atoms with Crippen LogP contribution in [0.25, 0.3) is 11.1 Å². The Morgan fingerprint density at radius 1 is 1.00 bits per heavy atom. The lowest BCUT2D eigenvalue weighted by molar-refractivity contribution is -0.169. The summed E-state index contributed by atoms with van der Waals surface area (Å²) in [6.45, 7) is 5.09. The van der Waals surface area contributed by atoms with Crippen molar-refractivity contribution < 1.29 is 13.9 Å². The topological polar surface area (TPSA) is 18.5 Å². The van der Waals surface area contributed by atoms with Crippen LogP contribution in [-0.4, -0.2) is 19.5 Å². The van der Waals surface area contributed by atoms with E-state index >= 15 is 0 Å². The van der Waals surface area contributed by atoms with E-state index in [-0.39, 0.29) is 5.82 Å². The average molecular weight is 336 g/mol. The van der Waals surface area contributed by atoms with Crippen molar-refractivity contribution in [2.75, 3.05) is 13.2 Å². The summed E-state index contributed by atoms with van der Waals surface area (Å²) in [6.07, 6.45) is 3.47. The van der Waals surface area contributed by atoms with Gasteiger partial charge in [-0.25, -0.2) is 4.39 Å². The van der Waals surface area contributed by atoms with Crippen LogP contribution in [0.2, 0.25) is 0 Å². The van der Waals surface area contributed by atoms with Gasteiger partial charge in [0.05, 0.1) is 13.2 Å². The van der Waals surface area contributed by atoms with Crippen LogP contribution in [0.4, 0.5) is 4.39 Å². The van der Waals surface area contributed by atoms with Crippen molar-refractivity contribution in [1.29, 1.82) is 0 Å². The van der Waals surface area contributed by atoms with Gasteiger partial charge in [0.2, 0.25) is 6.29 Å². The van der Waals surface area contributed by atoms with Crippen LogP contribution in [0.5, 0.6) is 0 Å². The van der Waals surface area contributed by atoms with Crippen molar-refractivity contribution >= 4 is 0 Å². The van der Waals surface area contributed by atoms with E-state index < -0.39 is 6.29 Å². The summed E-state index contributed by atoms with van der Waals surface area (Å²) in [7, 11) is 0. The molecule has 3 heteroatoms. The molecule has 1 aliphatic heterocycles. The van der Waals surface area contributed by atoms with Gasteiger partial charge in [0.15, 0.2) is 0 Å². The number of hydrogen-bond acceptors (Lipinski definition) is 2. The van der Waals surface area contributed by atoms with Gasteiger partial charge in [0.1, 0.15) is 5.82 Å². The Morgan fingerprint density at radius 2 is 1.60 bits per heavy atom. The first-order valence-corrected chi connectivity index (χ1v) is 8.46. The molecule has 1 aliphatic rings. The molecular weight excluding hydrogens is 315 g/mol. The molecule has 0 spiro atoms. The highest BCUT2D eigenvalue weighted by atomic mass is 19.1. The lowest BCUT2D eigenvalue weighted by Crippen LogP contribution is -2.31. The van der Waals surface area contributed by atoms with Crippen LogP contribution in [0, 0.1) is 23.6 Å². The normalized spacial score (nSPS) is 19.7. The number of hydrogen-bond donors (Lipinski definition) is 0. The largest absolute Gasteiger partial charge is 0.342 e. The first kappa shape index (κ1) is 17.4. The van der Waals surface area contributed by atoms with E-state index in [0.29, 0.717) is 19.1 Å². The minimum atomic E-state index is -0.461. The third-order valence-corrected chi connectivity index (χ3v) is 4.14. The SMILES string of the molecule is C=CCCC1COC(C#Cc2ccc(-c3ccc(F)cc3)cc2)OC1. The van der Waals surface area contributed by atoms with Crippen LogP contribution in [0.1, 0.15) is 18.4 Å². The maximum absolute atomic E-state index is 13.0. The molecule has 0 aromatic heterocycles. The van der Waals surface area contributed by atoms with Gasteiger partial charge in [-0.05, 0) is 54.2 Å². The zero-order valence-electron chi connectivity index (χ0n) is 14.1. The predicted molar refractivity (Wildman–Crippen MR) is 97.3 cm³/mol. The zero-order chi connectivity index (χ0) is 17.5. The van der Waals surface area contributed by atoms with Crippen molar-refractivity contribution in [3.05, 3.63) is 72.6 Å². The van der Waals surface area contributed by atoms with Crippen LogP contribution in [0.15, 0.2) is 61.2 Å². The Morgan fingerprint density at radius 3 is 2.20 bits per heavy atom. The summed E-state index contributed by atoms with van der Waals surface area (Å²) < 4.78 is 24.3. The molecule has 2 aromatic rings. The third kappa shape index (κ3) is 5.03. The molecule has 0 aliphatic carbocycles. The fraction of sp³-hybridized carbons (Fsp3) is 0.273. The third-order valence-electron chi connectivity index (χ3n) is 4.14.